The van der Waals surface area contributed by atoms with E-state index in [9.17, 15) is 0 Å². The van der Waals surface area contributed by atoms with E-state index >= 15 is 0 Å². The van der Waals surface area contributed by atoms with Crippen LogP contribution in [0.2, 0.25) is 0 Å². The Labute approximate surface area is 186 Å². The number of ether oxygens (including phenoxy) is 3. The fourth-order valence-electron chi connectivity index (χ4n) is 3.19. The van der Waals surface area contributed by atoms with Gasteiger partial charge in [0.1, 0.15) is 17.4 Å². The highest BCUT2D eigenvalue weighted by Gasteiger charge is 2.11. The monoisotopic (exact) mass is 432 g/mol. The first-order valence-electron chi connectivity index (χ1n) is 9.90. The van der Waals surface area contributed by atoms with Crippen LogP contribution in [0.3, 0.4) is 0 Å². The Bertz CT molecular complexity index is 1220. The normalized spacial score (nSPS) is 10.5. The highest BCUT2D eigenvalue weighted by atomic mass is 16.5. The van der Waals surface area contributed by atoms with Crippen molar-refractivity contribution in [3.05, 3.63) is 66.5 Å². The minimum Gasteiger partial charge on any atom is -0.497 e. The topological polar surface area (TPSA) is 95.4 Å². The fourth-order valence-corrected chi connectivity index (χ4v) is 3.19. The molecule has 0 aliphatic carbocycles. The molecule has 0 bridgehead atoms. The summed E-state index contributed by atoms with van der Waals surface area (Å²) in [7, 11) is 4.83. The van der Waals surface area contributed by atoms with E-state index in [1.807, 2.05) is 55.5 Å². The Balaban J connectivity index is 1.58. The summed E-state index contributed by atoms with van der Waals surface area (Å²) in [6.45, 7) is 1.94. The van der Waals surface area contributed by atoms with Crippen molar-refractivity contribution in [2.45, 2.75) is 6.92 Å². The van der Waals surface area contributed by atoms with Gasteiger partial charge in [0.15, 0.2) is 11.5 Å². The van der Waals surface area contributed by atoms with E-state index in [-0.39, 0.29) is 0 Å². The van der Waals surface area contributed by atoms with E-state index in [2.05, 4.69) is 25.7 Å². The first kappa shape index (κ1) is 21.0. The van der Waals surface area contributed by atoms with E-state index in [0.717, 1.165) is 28.6 Å². The van der Waals surface area contributed by atoms with Crippen LogP contribution in [0.1, 0.15) is 5.69 Å². The number of nitrogens with zero attached hydrogens (tertiary/aromatic N) is 4. The van der Waals surface area contributed by atoms with Gasteiger partial charge in [-0.25, -0.2) is 9.67 Å². The minimum absolute atomic E-state index is 0.436. The SMILES string of the molecule is COc1cccc(-n2nc(C)cc2Nc2ccnc(Nc3ccc(OC)c(OC)c3)n2)c1. The maximum atomic E-state index is 5.35. The molecule has 0 radical (unpaired) electrons. The van der Waals surface area contributed by atoms with Gasteiger partial charge in [0.05, 0.1) is 32.7 Å². The molecule has 164 valence electrons. The lowest BCUT2D eigenvalue weighted by Gasteiger charge is -2.12. The molecule has 0 spiro atoms. The number of hydrogen-bond donors (Lipinski definition) is 2. The predicted molar refractivity (Wildman–Crippen MR) is 123 cm³/mol. The Morgan fingerprint density at radius 2 is 1.69 bits per heavy atom. The van der Waals surface area contributed by atoms with Gasteiger partial charge in [-0.1, -0.05) is 6.07 Å². The van der Waals surface area contributed by atoms with E-state index in [0.29, 0.717) is 23.3 Å². The summed E-state index contributed by atoms with van der Waals surface area (Å²) in [5.41, 5.74) is 2.52. The average Bonchev–Trinajstić information content (AvgIpc) is 3.19. The molecule has 0 saturated heterocycles. The van der Waals surface area contributed by atoms with Gasteiger partial charge in [-0.3, -0.25) is 0 Å². The molecule has 2 heterocycles. The molecule has 9 heteroatoms. The van der Waals surface area contributed by atoms with Crippen molar-refractivity contribution in [2.24, 2.45) is 0 Å². The van der Waals surface area contributed by atoms with Gasteiger partial charge < -0.3 is 24.8 Å². The van der Waals surface area contributed by atoms with Gasteiger partial charge in [0.25, 0.3) is 0 Å². The van der Waals surface area contributed by atoms with Crippen molar-refractivity contribution in [3.63, 3.8) is 0 Å². The van der Waals surface area contributed by atoms with Crippen LogP contribution in [0.15, 0.2) is 60.8 Å². The van der Waals surface area contributed by atoms with Gasteiger partial charge in [0.2, 0.25) is 5.95 Å². The van der Waals surface area contributed by atoms with Crippen molar-refractivity contribution >= 4 is 23.3 Å². The summed E-state index contributed by atoms with van der Waals surface area (Å²) in [6, 6.07) is 16.9. The quantitative estimate of drug-likeness (QED) is 0.421. The smallest absolute Gasteiger partial charge is 0.229 e. The number of nitrogens with one attached hydrogen (secondary N) is 2. The molecule has 2 aromatic carbocycles. The molecule has 4 aromatic rings. The van der Waals surface area contributed by atoms with Gasteiger partial charge in [-0.2, -0.15) is 10.1 Å². The number of aromatic nitrogens is 4. The largest absolute Gasteiger partial charge is 0.497 e. The number of benzene rings is 2. The van der Waals surface area contributed by atoms with Crippen LogP contribution in [0.25, 0.3) is 5.69 Å². The molecule has 4 rings (SSSR count). The molecular weight excluding hydrogens is 408 g/mol. The van der Waals surface area contributed by atoms with Gasteiger partial charge in [-0.05, 0) is 37.3 Å². The molecule has 0 fully saturated rings. The molecule has 0 aliphatic heterocycles. The van der Waals surface area contributed by atoms with E-state index in [4.69, 9.17) is 14.2 Å². The number of rotatable bonds is 8. The highest BCUT2D eigenvalue weighted by molar-refractivity contribution is 5.62. The van der Waals surface area contributed by atoms with Gasteiger partial charge >= 0.3 is 0 Å². The van der Waals surface area contributed by atoms with Crippen LogP contribution in [0.4, 0.5) is 23.3 Å². The second-order valence-corrected chi connectivity index (χ2v) is 6.87. The van der Waals surface area contributed by atoms with E-state index in [1.165, 1.54) is 0 Å². The maximum absolute atomic E-state index is 5.35. The summed E-state index contributed by atoms with van der Waals surface area (Å²) in [6.07, 6.45) is 1.68. The number of anilines is 4. The third kappa shape index (κ3) is 4.56. The molecular formula is C23H24N6O3. The van der Waals surface area contributed by atoms with Crippen LogP contribution >= 0.6 is 0 Å². The predicted octanol–water partition coefficient (Wildman–Crippen LogP) is 4.48. The molecule has 9 nitrogen and oxygen atoms in total. The summed E-state index contributed by atoms with van der Waals surface area (Å²) < 4.78 is 17.8. The molecule has 0 aliphatic rings. The third-order valence-corrected chi connectivity index (χ3v) is 4.68. The van der Waals surface area contributed by atoms with Crippen LogP contribution in [-0.2, 0) is 0 Å². The van der Waals surface area contributed by atoms with Crippen LogP contribution < -0.4 is 24.8 Å². The second kappa shape index (κ2) is 9.25. The second-order valence-electron chi connectivity index (χ2n) is 6.87. The molecule has 0 atom stereocenters. The molecule has 0 unspecified atom stereocenters. The summed E-state index contributed by atoms with van der Waals surface area (Å²) in [5, 5.41) is 11.1. The standard InChI is InChI=1S/C23H24N6O3/c1-15-12-22(29(28-15)17-6-5-7-18(14-17)30-2)26-21-10-11-24-23(27-21)25-16-8-9-19(31-3)20(13-16)32-4/h5-14H,1-4H3,(H2,24,25,26,27). The van der Waals surface area contributed by atoms with Crippen molar-refractivity contribution in [3.8, 4) is 22.9 Å². The number of hydrogen-bond acceptors (Lipinski definition) is 8. The van der Waals surface area contributed by atoms with Gasteiger partial charge in [-0.15, -0.1) is 0 Å². The van der Waals surface area contributed by atoms with Gasteiger partial charge in [0, 0.05) is 30.1 Å². The zero-order chi connectivity index (χ0) is 22.5. The van der Waals surface area contributed by atoms with E-state index in [1.54, 1.807) is 38.3 Å². The first-order valence-corrected chi connectivity index (χ1v) is 9.90. The van der Waals surface area contributed by atoms with Crippen molar-refractivity contribution in [2.75, 3.05) is 32.0 Å². The molecule has 2 N–H and O–H groups in total. The third-order valence-electron chi connectivity index (χ3n) is 4.68. The highest BCUT2D eigenvalue weighted by Crippen LogP contribution is 2.31. The Kier molecular flexibility index (Phi) is 6.07. The zero-order valence-electron chi connectivity index (χ0n) is 18.3. The van der Waals surface area contributed by atoms with Crippen LogP contribution in [-0.4, -0.2) is 41.1 Å². The van der Waals surface area contributed by atoms with Crippen molar-refractivity contribution < 1.29 is 14.2 Å². The molecule has 2 aromatic heterocycles. The van der Waals surface area contributed by atoms with E-state index < -0.39 is 0 Å². The Morgan fingerprint density at radius 3 is 2.47 bits per heavy atom. The molecule has 0 saturated carbocycles. The lowest BCUT2D eigenvalue weighted by atomic mass is 10.3. The minimum atomic E-state index is 0.436. The Morgan fingerprint density at radius 1 is 0.844 bits per heavy atom. The fraction of sp³-hybridized carbons (Fsp3) is 0.174. The van der Waals surface area contributed by atoms with Crippen molar-refractivity contribution in [1.29, 1.82) is 0 Å². The number of methoxy groups -OCH3 is 3. The van der Waals surface area contributed by atoms with Crippen molar-refractivity contribution in [1.82, 2.24) is 19.7 Å². The molecule has 0 amide bonds. The maximum Gasteiger partial charge on any atom is 0.229 e. The van der Waals surface area contributed by atoms with Crippen LogP contribution in [0.5, 0.6) is 17.2 Å². The summed E-state index contributed by atoms with van der Waals surface area (Å²) >= 11 is 0. The zero-order valence-corrected chi connectivity index (χ0v) is 18.3. The Hall–Kier alpha value is -4.27. The number of aryl methyl sites for hydroxylation is 1. The average molecular weight is 432 g/mol. The summed E-state index contributed by atoms with van der Waals surface area (Å²) in [4.78, 5) is 8.88. The molecule has 32 heavy (non-hydrogen) atoms. The lowest BCUT2D eigenvalue weighted by molar-refractivity contribution is 0.355. The first-order chi connectivity index (χ1) is 15.6. The summed E-state index contributed by atoms with van der Waals surface area (Å²) in [5.74, 6) is 3.84. The van der Waals surface area contributed by atoms with Crippen LogP contribution in [0, 0.1) is 6.92 Å². The lowest BCUT2D eigenvalue weighted by Crippen LogP contribution is -2.05.